The van der Waals surface area contributed by atoms with Gasteiger partial charge in [0.25, 0.3) is 0 Å². The Morgan fingerprint density at radius 3 is 2.73 bits per heavy atom. The number of benzene rings is 1. The van der Waals surface area contributed by atoms with Crippen LogP contribution in [-0.2, 0) is 6.54 Å². The lowest BCUT2D eigenvalue weighted by molar-refractivity contribution is 0.0969. The fourth-order valence-electron chi connectivity index (χ4n) is 2.64. The van der Waals surface area contributed by atoms with Crippen LogP contribution in [0.5, 0.6) is 5.75 Å². The van der Waals surface area contributed by atoms with E-state index in [0.29, 0.717) is 11.3 Å². The van der Waals surface area contributed by atoms with Crippen molar-refractivity contribution in [2.45, 2.75) is 20.4 Å². The highest BCUT2D eigenvalue weighted by molar-refractivity contribution is 5.98. The Kier molecular flexibility index (Phi) is 3.67. The number of Topliss-reactive ketones (excluding diaryl/α,β-unsaturated/α-hetero) is 1. The SMILES string of the molecule is COc1ccccc1C(=O)Cn1cccc2c(C)c(C)nc1-2. The van der Waals surface area contributed by atoms with Gasteiger partial charge in [0.15, 0.2) is 5.78 Å². The zero-order valence-corrected chi connectivity index (χ0v) is 13.0. The van der Waals surface area contributed by atoms with Crippen molar-refractivity contribution in [3.63, 3.8) is 0 Å². The van der Waals surface area contributed by atoms with Crippen LogP contribution < -0.4 is 4.74 Å². The summed E-state index contributed by atoms with van der Waals surface area (Å²) in [7, 11) is 1.57. The van der Waals surface area contributed by atoms with Gasteiger partial charge in [0.05, 0.1) is 19.2 Å². The second kappa shape index (κ2) is 5.64. The van der Waals surface area contributed by atoms with E-state index in [9.17, 15) is 4.79 Å². The minimum atomic E-state index is 0.00764. The molecular formula is C18H18N2O2. The van der Waals surface area contributed by atoms with Crippen LogP contribution in [0.3, 0.4) is 0 Å². The van der Waals surface area contributed by atoms with E-state index in [4.69, 9.17) is 4.74 Å². The van der Waals surface area contributed by atoms with Gasteiger partial charge < -0.3 is 9.30 Å². The smallest absolute Gasteiger partial charge is 0.186 e. The van der Waals surface area contributed by atoms with Crippen LogP contribution in [0.4, 0.5) is 0 Å². The first-order valence-electron chi connectivity index (χ1n) is 7.20. The summed E-state index contributed by atoms with van der Waals surface area (Å²) in [4.78, 5) is 17.2. The molecular weight excluding hydrogens is 276 g/mol. The third kappa shape index (κ3) is 2.37. The van der Waals surface area contributed by atoms with Crippen molar-refractivity contribution >= 4 is 5.78 Å². The third-order valence-electron chi connectivity index (χ3n) is 3.98. The number of rotatable bonds is 4. The molecule has 4 nitrogen and oxygen atoms in total. The number of nitrogens with zero attached hydrogens (tertiary/aromatic N) is 2. The summed E-state index contributed by atoms with van der Waals surface area (Å²) < 4.78 is 7.16. The van der Waals surface area contributed by atoms with Crippen molar-refractivity contribution in [1.29, 1.82) is 0 Å². The second-order valence-corrected chi connectivity index (χ2v) is 5.32. The standard InChI is InChI=1S/C18H18N2O2/c1-12-13(2)19-18-14(12)8-6-10-20(18)11-16(21)15-7-4-5-9-17(15)22-3/h4-10H,11H2,1-3H3. The van der Waals surface area contributed by atoms with E-state index >= 15 is 0 Å². The van der Waals surface area contributed by atoms with Crippen LogP contribution in [0.2, 0.25) is 0 Å². The molecule has 3 rings (SSSR count). The molecule has 22 heavy (non-hydrogen) atoms. The van der Waals surface area contributed by atoms with Crippen LogP contribution in [0.25, 0.3) is 11.4 Å². The van der Waals surface area contributed by atoms with E-state index in [1.807, 2.05) is 42.0 Å². The Labute approximate surface area is 129 Å². The number of para-hydroxylation sites is 1. The average molecular weight is 294 g/mol. The Balaban J connectivity index is 1.96. The molecule has 0 fully saturated rings. The van der Waals surface area contributed by atoms with E-state index in [-0.39, 0.29) is 12.3 Å². The summed E-state index contributed by atoms with van der Waals surface area (Å²) in [6.07, 6.45) is 1.89. The second-order valence-electron chi connectivity index (χ2n) is 5.32. The first-order valence-corrected chi connectivity index (χ1v) is 7.20. The molecule has 0 amide bonds. The van der Waals surface area contributed by atoms with Crippen molar-refractivity contribution < 1.29 is 9.53 Å². The van der Waals surface area contributed by atoms with Crippen molar-refractivity contribution in [2.24, 2.45) is 0 Å². The largest absolute Gasteiger partial charge is 0.496 e. The number of carbonyl (C=O) groups excluding carboxylic acids is 1. The number of ether oxygens (including phenoxy) is 1. The minimum Gasteiger partial charge on any atom is -0.496 e. The van der Waals surface area contributed by atoms with Crippen molar-refractivity contribution in [1.82, 2.24) is 9.55 Å². The van der Waals surface area contributed by atoms with Crippen LogP contribution in [0.1, 0.15) is 21.6 Å². The molecule has 0 saturated heterocycles. The van der Waals surface area contributed by atoms with Gasteiger partial charge in [-0.1, -0.05) is 12.1 Å². The van der Waals surface area contributed by atoms with Gasteiger partial charge in [-0.05, 0) is 43.7 Å². The normalized spacial score (nSPS) is 10.9. The van der Waals surface area contributed by atoms with E-state index in [1.165, 1.54) is 0 Å². The minimum absolute atomic E-state index is 0.00764. The monoisotopic (exact) mass is 294 g/mol. The number of aryl methyl sites for hydroxylation is 1. The molecule has 2 aliphatic rings. The zero-order valence-electron chi connectivity index (χ0n) is 13.0. The summed E-state index contributed by atoms with van der Waals surface area (Å²) in [6.45, 7) is 4.28. The first-order chi connectivity index (χ1) is 10.6. The fourth-order valence-corrected chi connectivity index (χ4v) is 2.64. The van der Waals surface area contributed by atoms with Gasteiger partial charge in [-0.3, -0.25) is 4.79 Å². The molecule has 0 aromatic heterocycles. The predicted octanol–water partition coefficient (Wildman–Crippen LogP) is 3.50. The Morgan fingerprint density at radius 1 is 1.18 bits per heavy atom. The number of aromatic nitrogens is 2. The molecule has 0 spiro atoms. The van der Waals surface area contributed by atoms with Crippen LogP contribution >= 0.6 is 0 Å². The topological polar surface area (TPSA) is 44.1 Å². The number of pyridine rings is 1. The van der Waals surface area contributed by atoms with Gasteiger partial charge in [-0.2, -0.15) is 0 Å². The average Bonchev–Trinajstić information content (AvgIpc) is 2.83. The molecule has 0 radical (unpaired) electrons. The van der Waals surface area contributed by atoms with Gasteiger partial charge in [-0.25, -0.2) is 4.98 Å². The number of ketones is 1. The fraction of sp³-hybridized carbons (Fsp3) is 0.222. The molecule has 0 saturated carbocycles. The van der Waals surface area contributed by atoms with Gasteiger partial charge >= 0.3 is 0 Å². The molecule has 0 aliphatic carbocycles. The number of fused-ring (bicyclic) bond motifs is 1. The lowest BCUT2D eigenvalue weighted by Gasteiger charge is -2.12. The summed E-state index contributed by atoms with van der Waals surface area (Å²) in [5, 5.41) is 0. The van der Waals surface area contributed by atoms with E-state index in [0.717, 1.165) is 22.6 Å². The molecule has 0 bridgehead atoms. The first kappa shape index (κ1) is 14.3. The Bertz CT molecular complexity index is 805. The molecule has 0 atom stereocenters. The highest BCUT2D eigenvalue weighted by atomic mass is 16.5. The van der Waals surface area contributed by atoms with Crippen molar-refractivity contribution in [3.8, 4) is 17.1 Å². The quantitative estimate of drug-likeness (QED) is 0.692. The number of hydrogen-bond acceptors (Lipinski definition) is 3. The molecule has 0 unspecified atom stereocenters. The van der Waals surface area contributed by atoms with Crippen LogP contribution in [0.15, 0.2) is 42.6 Å². The third-order valence-corrected chi connectivity index (χ3v) is 3.98. The molecule has 112 valence electrons. The van der Waals surface area contributed by atoms with Gasteiger partial charge in [0.2, 0.25) is 0 Å². The summed E-state index contributed by atoms with van der Waals surface area (Å²) in [5.74, 6) is 1.46. The summed E-state index contributed by atoms with van der Waals surface area (Å²) >= 11 is 0. The maximum Gasteiger partial charge on any atom is 0.186 e. The molecule has 4 heteroatoms. The van der Waals surface area contributed by atoms with E-state index < -0.39 is 0 Å². The number of hydrogen-bond donors (Lipinski definition) is 0. The summed E-state index contributed by atoms with van der Waals surface area (Å²) in [5.41, 5.74) is 3.84. The Morgan fingerprint density at radius 2 is 1.95 bits per heavy atom. The number of methoxy groups -OCH3 is 1. The Hall–Kier alpha value is -2.62. The van der Waals surface area contributed by atoms with Crippen molar-refractivity contribution in [3.05, 3.63) is 59.4 Å². The lowest BCUT2D eigenvalue weighted by Crippen LogP contribution is -2.13. The zero-order chi connectivity index (χ0) is 15.7. The van der Waals surface area contributed by atoms with Crippen LogP contribution in [0, 0.1) is 13.8 Å². The predicted molar refractivity (Wildman–Crippen MR) is 85.6 cm³/mol. The highest BCUT2D eigenvalue weighted by Gasteiger charge is 2.18. The molecule has 0 N–H and O–H groups in total. The molecule has 2 heterocycles. The molecule has 1 aromatic carbocycles. The lowest BCUT2D eigenvalue weighted by atomic mass is 10.1. The van der Waals surface area contributed by atoms with Crippen LogP contribution in [-0.4, -0.2) is 22.4 Å². The maximum absolute atomic E-state index is 12.6. The van der Waals surface area contributed by atoms with E-state index in [1.54, 1.807) is 19.2 Å². The summed E-state index contributed by atoms with van der Waals surface area (Å²) in [6, 6.07) is 11.3. The van der Waals surface area contributed by atoms with Gasteiger partial charge in [-0.15, -0.1) is 0 Å². The van der Waals surface area contributed by atoms with Gasteiger partial charge in [0.1, 0.15) is 11.6 Å². The molecule has 2 aliphatic heterocycles. The maximum atomic E-state index is 12.6. The van der Waals surface area contributed by atoms with Crippen molar-refractivity contribution in [2.75, 3.05) is 7.11 Å². The molecule has 1 aromatic rings. The van der Waals surface area contributed by atoms with E-state index in [2.05, 4.69) is 11.9 Å². The highest BCUT2D eigenvalue weighted by Crippen LogP contribution is 2.28. The number of carbonyl (C=O) groups is 1. The van der Waals surface area contributed by atoms with Gasteiger partial charge in [0, 0.05) is 17.5 Å².